The van der Waals surface area contributed by atoms with Crippen molar-refractivity contribution < 1.29 is 5.11 Å². The molecule has 51 valence electrons. The first kappa shape index (κ1) is 12.6. The van der Waals surface area contributed by atoms with Crippen molar-refractivity contribution in [1.29, 1.82) is 0 Å². The monoisotopic (exact) mass is 139 g/mol. The number of rotatable bonds is 3. The van der Waals surface area contributed by atoms with Crippen LogP contribution in [-0.2, 0) is 0 Å². The molecule has 0 fully saturated rings. The molecule has 0 aromatic rings. The van der Waals surface area contributed by atoms with Gasteiger partial charge in [0.1, 0.15) is 0 Å². The molecule has 1 nitrogen and oxygen atoms in total. The molecular formula is C7H16NaO. The fourth-order valence-corrected chi connectivity index (χ4v) is 0.609. The van der Waals surface area contributed by atoms with E-state index in [2.05, 4.69) is 6.92 Å². The topological polar surface area (TPSA) is 20.2 Å². The van der Waals surface area contributed by atoms with Crippen LogP contribution in [-0.4, -0.2) is 40.3 Å². The van der Waals surface area contributed by atoms with Gasteiger partial charge in [0.25, 0.3) is 0 Å². The van der Waals surface area contributed by atoms with Gasteiger partial charge in [0.2, 0.25) is 0 Å². The van der Waals surface area contributed by atoms with Crippen LogP contribution in [0.5, 0.6) is 0 Å². The van der Waals surface area contributed by atoms with Crippen LogP contribution in [0, 0.1) is 0 Å². The molecule has 0 heterocycles. The summed E-state index contributed by atoms with van der Waals surface area (Å²) >= 11 is 0. The fraction of sp³-hybridized carbons (Fsp3) is 1.00. The molecule has 0 atom stereocenters. The Bertz CT molecular complexity index is 56.4. The molecule has 0 saturated carbocycles. The molecule has 0 aromatic heterocycles. The zero-order chi connectivity index (χ0) is 6.62. The maximum Gasteiger partial charge on any atom is 0.0591 e. The summed E-state index contributed by atoms with van der Waals surface area (Å²) in [6.45, 7) is 5.83. The quantitative estimate of drug-likeness (QED) is 0.588. The van der Waals surface area contributed by atoms with Crippen LogP contribution in [0.2, 0.25) is 0 Å². The van der Waals surface area contributed by atoms with E-state index in [0.29, 0.717) is 0 Å². The first-order valence-electron chi connectivity index (χ1n) is 3.28. The Morgan fingerprint density at radius 1 is 1.33 bits per heavy atom. The van der Waals surface area contributed by atoms with Crippen molar-refractivity contribution in [3.8, 4) is 0 Å². The normalized spacial score (nSPS) is 10.7. The fourth-order valence-electron chi connectivity index (χ4n) is 0.609. The standard InChI is InChI=1S/C7H16O.Na/c1-4-5-6-7(2,3)8;/h8H,4-6H2,1-3H3;. The van der Waals surface area contributed by atoms with Crippen LogP contribution in [0.3, 0.4) is 0 Å². The van der Waals surface area contributed by atoms with Crippen molar-refractivity contribution in [1.82, 2.24) is 0 Å². The first-order chi connectivity index (χ1) is 3.56. The minimum atomic E-state index is -0.448. The van der Waals surface area contributed by atoms with E-state index in [4.69, 9.17) is 5.11 Å². The number of hydrogen-bond acceptors (Lipinski definition) is 1. The van der Waals surface area contributed by atoms with Gasteiger partial charge in [-0.05, 0) is 20.3 Å². The smallest absolute Gasteiger partial charge is 0.0591 e. The average Bonchev–Trinajstić information content (AvgIpc) is 1.59. The largest absolute Gasteiger partial charge is 0.390 e. The van der Waals surface area contributed by atoms with Gasteiger partial charge in [-0.3, -0.25) is 0 Å². The van der Waals surface area contributed by atoms with Gasteiger partial charge in [0.15, 0.2) is 0 Å². The summed E-state index contributed by atoms with van der Waals surface area (Å²) in [7, 11) is 0. The molecule has 0 rings (SSSR count). The molecule has 0 amide bonds. The van der Waals surface area contributed by atoms with Crippen LogP contribution >= 0.6 is 0 Å². The molecule has 1 radical (unpaired) electrons. The molecule has 0 aliphatic rings. The van der Waals surface area contributed by atoms with Crippen LogP contribution in [0.4, 0.5) is 0 Å². The van der Waals surface area contributed by atoms with E-state index in [-0.39, 0.29) is 29.6 Å². The zero-order valence-electron chi connectivity index (χ0n) is 7.07. The predicted molar refractivity (Wildman–Crippen MR) is 41.6 cm³/mol. The number of aliphatic hydroxyl groups is 1. The molecular weight excluding hydrogens is 123 g/mol. The second-order valence-corrected chi connectivity index (χ2v) is 2.92. The maximum absolute atomic E-state index is 9.15. The first-order valence-corrected chi connectivity index (χ1v) is 3.28. The van der Waals surface area contributed by atoms with Gasteiger partial charge in [0, 0.05) is 29.6 Å². The molecule has 0 aliphatic carbocycles. The van der Waals surface area contributed by atoms with Gasteiger partial charge >= 0.3 is 0 Å². The predicted octanol–water partition coefficient (Wildman–Crippen LogP) is 1.57. The second kappa shape index (κ2) is 5.72. The number of hydrogen-bond donors (Lipinski definition) is 1. The average molecular weight is 139 g/mol. The van der Waals surface area contributed by atoms with Crippen molar-refractivity contribution >= 4 is 29.6 Å². The molecule has 1 N–H and O–H groups in total. The van der Waals surface area contributed by atoms with E-state index in [1.54, 1.807) is 0 Å². The second-order valence-electron chi connectivity index (χ2n) is 2.92. The molecule has 0 aliphatic heterocycles. The van der Waals surface area contributed by atoms with E-state index >= 15 is 0 Å². The summed E-state index contributed by atoms with van der Waals surface area (Å²) in [6.07, 6.45) is 3.22. The summed E-state index contributed by atoms with van der Waals surface area (Å²) in [4.78, 5) is 0. The molecule has 9 heavy (non-hydrogen) atoms. The van der Waals surface area contributed by atoms with Crippen LogP contribution < -0.4 is 0 Å². The zero-order valence-corrected chi connectivity index (χ0v) is 9.07. The summed E-state index contributed by atoms with van der Waals surface area (Å²) < 4.78 is 0. The molecule has 0 spiro atoms. The van der Waals surface area contributed by atoms with E-state index < -0.39 is 5.60 Å². The summed E-state index contributed by atoms with van der Waals surface area (Å²) in [5.74, 6) is 0. The summed E-state index contributed by atoms with van der Waals surface area (Å²) in [6, 6.07) is 0. The summed E-state index contributed by atoms with van der Waals surface area (Å²) in [5.41, 5.74) is -0.448. The molecule has 0 saturated heterocycles. The van der Waals surface area contributed by atoms with Gasteiger partial charge in [0.05, 0.1) is 5.60 Å². The SMILES string of the molecule is CCCCC(C)(C)O.[Na]. The minimum absolute atomic E-state index is 0. The minimum Gasteiger partial charge on any atom is -0.390 e. The molecule has 0 unspecified atom stereocenters. The van der Waals surface area contributed by atoms with Crippen molar-refractivity contribution in [2.75, 3.05) is 0 Å². The van der Waals surface area contributed by atoms with Crippen molar-refractivity contribution in [3.63, 3.8) is 0 Å². The van der Waals surface area contributed by atoms with Gasteiger partial charge in [-0.2, -0.15) is 0 Å². The third-order valence-electron chi connectivity index (χ3n) is 1.14. The van der Waals surface area contributed by atoms with E-state index in [1.165, 1.54) is 6.42 Å². The Morgan fingerprint density at radius 3 is 1.89 bits per heavy atom. The van der Waals surface area contributed by atoms with Gasteiger partial charge < -0.3 is 5.11 Å². The van der Waals surface area contributed by atoms with Crippen molar-refractivity contribution in [2.24, 2.45) is 0 Å². The van der Waals surface area contributed by atoms with Crippen molar-refractivity contribution in [3.05, 3.63) is 0 Å². The third kappa shape index (κ3) is 12.2. The third-order valence-corrected chi connectivity index (χ3v) is 1.14. The Kier molecular flexibility index (Phi) is 8.02. The molecule has 0 bridgehead atoms. The molecule has 2 heteroatoms. The van der Waals surface area contributed by atoms with Crippen molar-refractivity contribution in [2.45, 2.75) is 45.6 Å². The van der Waals surface area contributed by atoms with E-state index in [0.717, 1.165) is 12.8 Å². The summed E-state index contributed by atoms with van der Waals surface area (Å²) in [5, 5.41) is 9.15. The van der Waals surface area contributed by atoms with Crippen LogP contribution in [0.1, 0.15) is 40.0 Å². The van der Waals surface area contributed by atoms with E-state index in [1.807, 2.05) is 13.8 Å². The van der Waals surface area contributed by atoms with E-state index in [9.17, 15) is 0 Å². The van der Waals surface area contributed by atoms with Gasteiger partial charge in [-0.15, -0.1) is 0 Å². The Morgan fingerprint density at radius 2 is 1.78 bits per heavy atom. The maximum atomic E-state index is 9.15. The van der Waals surface area contributed by atoms with Crippen LogP contribution in [0.25, 0.3) is 0 Å². The number of unbranched alkanes of at least 4 members (excludes halogenated alkanes) is 1. The van der Waals surface area contributed by atoms with Gasteiger partial charge in [-0.1, -0.05) is 19.8 Å². The molecule has 0 aromatic carbocycles. The van der Waals surface area contributed by atoms with Gasteiger partial charge in [-0.25, -0.2) is 0 Å². The Hall–Kier alpha value is 0.960. The Labute approximate surface area is 80.1 Å². The Balaban J connectivity index is 0. The van der Waals surface area contributed by atoms with Crippen LogP contribution in [0.15, 0.2) is 0 Å².